The van der Waals surface area contributed by atoms with Gasteiger partial charge in [0.05, 0.1) is 34.0 Å². The maximum atomic E-state index is 9.93. The molecule has 106 valence electrons. The van der Waals surface area contributed by atoms with Crippen LogP contribution < -0.4 is 10.5 Å². The van der Waals surface area contributed by atoms with E-state index in [0.717, 1.165) is 0 Å². The Morgan fingerprint density at radius 3 is 1.61 bits per heavy atom. The molecule has 0 saturated carbocycles. The third kappa shape index (κ3) is 23.9. The molecule has 8 heteroatoms. The topological polar surface area (TPSA) is 127 Å². The second-order valence-corrected chi connectivity index (χ2v) is 4.33. The fraction of sp³-hybridized carbons (Fsp3) is 0.700. The van der Waals surface area contributed by atoms with E-state index in [-0.39, 0.29) is 19.3 Å². The maximum Gasteiger partial charge on any atom is 0.303 e. The first-order chi connectivity index (χ1) is 8.04. The summed E-state index contributed by atoms with van der Waals surface area (Å²) < 4.78 is 0.563. The molecule has 0 fully saturated rings. The average Bonchev–Trinajstić information content (AvgIpc) is 2.13. The van der Waals surface area contributed by atoms with Crippen molar-refractivity contribution in [1.29, 1.82) is 0 Å². The van der Waals surface area contributed by atoms with Crippen molar-refractivity contribution in [2.24, 2.45) is 0 Å². The van der Waals surface area contributed by atoms with Gasteiger partial charge in [0.25, 0.3) is 0 Å². The van der Waals surface area contributed by atoms with Crippen LogP contribution in [0.4, 0.5) is 0 Å². The third-order valence-corrected chi connectivity index (χ3v) is 1.47. The summed E-state index contributed by atoms with van der Waals surface area (Å²) in [4.78, 5) is 29.2. The van der Waals surface area contributed by atoms with E-state index in [1.54, 1.807) is 0 Å². The predicted molar refractivity (Wildman–Crippen MR) is 60.2 cm³/mol. The van der Waals surface area contributed by atoms with Crippen molar-refractivity contribution in [1.82, 2.24) is 5.43 Å². The highest BCUT2D eigenvalue weighted by atomic mass is 16.4. The van der Waals surface area contributed by atoms with Crippen molar-refractivity contribution >= 4 is 17.9 Å². The van der Waals surface area contributed by atoms with Crippen LogP contribution in [0.15, 0.2) is 0 Å². The number of nitrogens with zero attached hydrogens (tertiary/aromatic N) is 1. The summed E-state index contributed by atoms with van der Waals surface area (Å²) in [5.74, 6) is -3.17. The van der Waals surface area contributed by atoms with E-state index < -0.39 is 17.9 Å². The summed E-state index contributed by atoms with van der Waals surface area (Å²) in [7, 11) is 5.78. The zero-order valence-corrected chi connectivity index (χ0v) is 10.8. The first-order valence-electron chi connectivity index (χ1n) is 5.24. The maximum absolute atomic E-state index is 9.93. The molecule has 0 saturated heterocycles. The predicted octanol–water partition coefficient (Wildman–Crippen LogP) is -1.73. The first kappa shape index (κ1) is 18.7. The molecular formula is C10H20N2O6. The number of carboxylic acids is 3. The molecule has 0 radical (unpaired) electrons. The van der Waals surface area contributed by atoms with Crippen LogP contribution in [0.3, 0.4) is 0 Å². The Hall–Kier alpha value is -1.67. The first-order valence-corrected chi connectivity index (χ1v) is 5.24. The summed E-state index contributed by atoms with van der Waals surface area (Å²) in [6.07, 6.45) is -0.528. The zero-order chi connectivity index (χ0) is 14.8. The van der Waals surface area contributed by atoms with Gasteiger partial charge in [-0.1, -0.05) is 0 Å². The lowest BCUT2D eigenvalue weighted by Gasteiger charge is -2.23. The SMILES string of the molecule is C[N+](C)(C)NCCC(=O)[O-].O=C(O)CCC(=O)O. The fourth-order valence-corrected chi connectivity index (χ4v) is 0.707. The molecule has 8 nitrogen and oxygen atoms in total. The number of hydrogen-bond donors (Lipinski definition) is 3. The van der Waals surface area contributed by atoms with Crippen molar-refractivity contribution in [2.75, 3.05) is 27.7 Å². The van der Waals surface area contributed by atoms with E-state index in [2.05, 4.69) is 5.43 Å². The molecule has 0 rings (SSSR count). The van der Waals surface area contributed by atoms with Gasteiger partial charge >= 0.3 is 11.9 Å². The van der Waals surface area contributed by atoms with E-state index in [1.807, 2.05) is 21.1 Å². The van der Waals surface area contributed by atoms with Crippen molar-refractivity contribution in [3.63, 3.8) is 0 Å². The van der Waals surface area contributed by atoms with Gasteiger partial charge in [-0.3, -0.25) is 14.2 Å². The Balaban J connectivity index is 0. The van der Waals surface area contributed by atoms with E-state index in [1.165, 1.54) is 0 Å². The van der Waals surface area contributed by atoms with Gasteiger partial charge in [0.2, 0.25) is 0 Å². The lowest BCUT2D eigenvalue weighted by Crippen LogP contribution is -2.49. The molecule has 0 amide bonds. The Morgan fingerprint density at radius 1 is 1.00 bits per heavy atom. The van der Waals surface area contributed by atoms with Gasteiger partial charge in [-0.2, -0.15) is 5.43 Å². The van der Waals surface area contributed by atoms with Crippen LogP contribution >= 0.6 is 0 Å². The largest absolute Gasteiger partial charge is 0.550 e. The Morgan fingerprint density at radius 2 is 1.39 bits per heavy atom. The molecule has 0 atom stereocenters. The van der Waals surface area contributed by atoms with Crippen molar-refractivity contribution < 1.29 is 34.3 Å². The normalized spacial score (nSPS) is 10.2. The van der Waals surface area contributed by atoms with Gasteiger partial charge in [-0.25, -0.2) is 0 Å². The number of rotatable bonds is 7. The number of quaternary nitrogens is 1. The van der Waals surface area contributed by atoms with Gasteiger partial charge in [-0.05, 0) is 0 Å². The molecule has 3 N–H and O–H groups in total. The van der Waals surface area contributed by atoms with Crippen LogP contribution in [0.2, 0.25) is 0 Å². The zero-order valence-electron chi connectivity index (χ0n) is 10.8. The summed E-state index contributed by atoms with van der Waals surface area (Å²) in [5.41, 5.74) is 2.97. The molecule has 0 aliphatic heterocycles. The Kier molecular flexibility index (Phi) is 9.73. The van der Waals surface area contributed by atoms with E-state index in [0.29, 0.717) is 11.1 Å². The average molecular weight is 264 g/mol. The molecule has 0 aromatic heterocycles. The molecule has 0 aliphatic rings. The summed E-state index contributed by atoms with van der Waals surface area (Å²) >= 11 is 0. The van der Waals surface area contributed by atoms with Crippen LogP contribution in [-0.4, -0.2) is 60.4 Å². The standard InChI is InChI=1S/C6H14N2O2.C4H6O4/c1-8(2,3)7-5-4-6(9)10;5-3(6)1-2-4(7)8/h7H,4-5H2,1-3H3;1-2H2,(H,5,6)(H,7,8). The van der Waals surface area contributed by atoms with Crippen molar-refractivity contribution in [3.05, 3.63) is 0 Å². The third-order valence-electron chi connectivity index (χ3n) is 1.47. The van der Waals surface area contributed by atoms with Crippen LogP contribution in [0.25, 0.3) is 0 Å². The molecule has 18 heavy (non-hydrogen) atoms. The minimum Gasteiger partial charge on any atom is -0.550 e. The smallest absolute Gasteiger partial charge is 0.303 e. The van der Waals surface area contributed by atoms with Gasteiger partial charge in [0.1, 0.15) is 0 Å². The summed E-state index contributed by atoms with van der Waals surface area (Å²) in [6.45, 7) is 0.450. The number of aliphatic carboxylic acids is 3. The van der Waals surface area contributed by atoms with Crippen molar-refractivity contribution in [2.45, 2.75) is 19.3 Å². The highest BCUT2D eigenvalue weighted by molar-refractivity contribution is 5.75. The molecule has 0 aliphatic carbocycles. The second kappa shape index (κ2) is 9.37. The van der Waals surface area contributed by atoms with E-state index in [9.17, 15) is 19.5 Å². The molecule has 0 heterocycles. The highest BCUT2D eigenvalue weighted by Gasteiger charge is 2.03. The van der Waals surface area contributed by atoms with Crippen LogP contribution in [0, 0.1) is 0 Å². The highest BCUT2D eigenvalue weighted by Crippen LogP contribution is 1.86. The number of carboxylic acid groups (broad SMARTS) is 3. The number of nitrogens with one attached hydrogen (secondary N) is 1. The number of carbonyl (C=O) groups excluding carboxylic acids is 1. The van der Waals surface area contributed by atoms with Crippen LogP contribution in [0.1, 0.15) is 19.3 Å². The Bertz CT molecular complexity index is 271. The monoisotopic (exact) mass is 264 g/mol. The molecule has 0 spiro atoms. The molecule has 0 bridgehead atoms. The molecule has 0 unspecified atom stereocenters. The van der Waals surface area contributed by atoms with Crippen LogP contribution in [0.5, 0.6) is 0 Å². The Labute approximate surface area is 105 Å². The lowest BCUT2D eigenvalue weighted by atomic mass is 10.3. The second-order valence-electron chi connectivity index (χ2n) is 4.33. The van der Waals surface area contributed by atoms with E-state index >= 15 is 0 Å². The number of hydrogen-bond acceptors (Lipinski definition) is 5. The number of carbonyl (C=O) groups is 3. The summed E-state index contributed by atoms with van der Waals surface area (Å²) in [6, 6.07) is 0. The summed E-state index contributed by atoms with van der Waals surface area (Å²) in [5, 5.41) is 25.7. The van der Waals surface area contributed by atoms with Gasteiger partial charge in [-0.15, -0.1) is 0 Å². The quantitative estimate of drug-likeness (QED) is 0.368. The molecular weight excluding hydrogens is 244 g/mol. The van der Waals surface area contributed by atoms with Gasteiger partial charge < -0.3 is 20.1 Å². The fourth-order valence-electron chi connectivity index (χ4n) is 0.707. The molecule has 0 aromatic rings. The molecule has 0 aromatic carbocycles. The van der Waals surface area contributed by atoms with E-state index in [4.69, 9.17) is 10.2 Å². The lowest BCUT2D eigenvalue weighted by molar-refractivity contribution is -0.915. The minimum absolute atomic E-state index is 0.0650. The van der Waals surface area contributed by atoms with Gasteiger partial charge in [0.15, 0.2) is 0 Å². The van der Waals surface area contributed by atoms with Crippen molar-refractivity contribution in [3.8, 4) is 0 Å². The minimum atomic E-state index is -1.08. The van der Waals surface area contributed by atoms with Gasteiger partial charge in [0, 0.05) is 18.9 Å². The van der Waals surface area contributed by atoms with Crippen LogP contribution in [-0.2, 0) is 14.4 Å².